The Hall–Kier alpha value is -3.07. The van der Waals surface area contributed by atoms with Gasteiger partial charge in [-0.1, -0.05) is 93.6 Å². The van der Waals surface area contributed by atoms with E-state index in [1.54, 1.807) is 0 Å². The highest BCUT2D eigenvalue weighted by Crippen LogP contribution is 2.75. The fourth-order valence-corrected chi connectivity index (χ4v) is 8.03. The normalized spacial score (nSPS) is 27.5. The molecule has 36 heavy (non-hydrogen) atoms. The molecular weight excluding hydrogens is 444 g/mol. The summed E-state index contributed by atoms with van der Waals surface area (Å²) in [7, 11) is 0. The molecule has 6 rings (SSSR count). The van der Waals surface area contributed by atoms with Crippen LogP contribution < -0.4 is 4.74 Å². The maximum Gasteiger partial charge on any atom is 0.347 e. The third-order valence-corrected chi connectivity index (χ3v) is 10.0. The average molecular weight is 481 g/mol. The first-order valence-corrected chi connectivity index (χ1v) is 13.4. The summed E-state index contributed by atoms with van der Waals surface area (Å²) in [5.74, 6) is 0.980. The molecule has 0 aliphatic heterocycles. The second kappa shape index (κ2) is 8.50. The molecule has 1 spiro atoms. The fraction of sp³-hybridized carbons (Fsp3) is 0.424. The molecular formula is C33H36O3. The van der Waals surface area contributed by atoms with Gasteiger partial charge in [0.2, 0.25) is 0 Å². The summed E-state index contributed by atoms with van der Waals surface area (Å²) in [6.07, 6.45) is 3.96. The van der Waals surface area contributed by atoms with Crippen LogP contribution >= 0.6 is 0 Å². The highest BCUT2D eigenvalue weighted by molar-refractivity contribution is 5.76. The second-order valence-corrected chi connectivity index (χ2v) is 12.0. The van der Waals surface area contributed by atoms with Crippen molar-refractivity contribution in [3.8, 4) is 5.75 Å². The zero-order chi connectivity index (χ0) is 25.0. The summed E-state index contributed by atoms with van der Waals surface area (Å²) < 4.78 is 13.0. The number of carbonyl (C=O) groups excluding carboxylic acids is 1. The minimum atomic E-state index is -0.693. The number of carbonyl (C=O) groups is 1. The molecule has 3 nitrogen and oxygen atoms in total. The van der Waals surface area contributed by atoms with Gasteiger partial charge in [-0.3, -0.25) is 0 Å². The summed E-state index contributed by atoms with van der Waals surface area (Å²) in [5, 5.41) is 0. The van der Waals surface area contributed by atoms with Crippen LogP contribution in [0.3, 0.4) is 0 Å². The van der Waals surface area contributed by atoms with Gasteiger partial charge >= 0.3 is 5.97 Å². The zero-order valence-electron chi connectivity index (χ0n) is 21.6. The lowest BCUT2D eigenvalue weighted by molar-refractivity contribution is -0.175. The zero-order valence-corrected chi connectivity index (χ0v) is 21.6. The van der Waals surface area contributed by atoms with Crippen molar-refractivity contribution >= 4 is 5.97 Å². The van der Waals surface area contributed by atoms with Crippen LogP contribution in [0.25, 0.3) is 0 Å². The molecule has 2 bridgehead atoms. The van der Waals surface area contributed by atoms with E-state index in [2.05, 4.69) is 45.0 Å². The second-order valence-electron chi connectivity index (χ2n) is 12.0. The monoisotopic (exact) mass is 480 g/mol. The standard InChI is InChI=1S/C33H36O3/c1-31(2)28-18-19-32(31,3)30(33(28)21-24-14-10-11-15-25(24)22-33)36-29(34)27(20-23-12-6-4-7-13-23)35-26-16-8-5-9-17-26/h4-17,27-28,30H,18-22H2,1-3H3. The van der Waals surface area contributed by atoms with Gasteiger partial charge in [-0.2, -0.15) is 0 Å². The molecule has 186 valence electrons. The number of hydrogen-bond donors (Lipinski definition) is 0. The van der Waals surface area contributed by atoms with E-state index in [-0.39, 0.29) is 28.3 Å². The van der Waals surface area contributed by atoms with E-state index < -0.39 is 6.10 Å². The van der Waals surface area contributed by atoms with Crippen molar-refractivity contribution in [2.75, 3.05) is 0 Å². The number of ether oxygens (including phenoxy) is 2. The molecule has 3 aromatic carbocycles. The van der Waals surface area contributed by atoms with Crippen LogP contribution in [0.15, 0.2) is 84.9 Å². The molecule has 0 heterocycles. The molecule has 3 aliphatic carbocycles. The average Bonchev–Trinajstić information content (AvgIpc) is 3.41. The van der Waals surface area contributed by atoms with Crippen molar-refractivity contribution in [2.45, 2.75) is 65.1 Å². The molecule has 3 aliphatic rings. The predicted octanol–water partition coefficient (Wildman–Crippen LogP) is 6.83. The number of benzene rings is 3. The number of fused-ring (bicyclic) bond motifs is 4. The number of para-hydroxylation sites is 1. The van der Waals surface area contributed by atoms with Gasteiger partial charge in [-0.25, -0.2) is 4.79 Å². The van der Waals surface area contributed by atoms with E-state index in [0.717, 1.165) is 24.8 Å². The van der Waals surface area contributed by atoms with E-state index >= 15 is 0 Å². The Morgan fingerprint density at radius 3 is 2.08 bits per heavy atom. The molecule has 0 radical (unpaired) electrons. The van der Waals surface area contributed by atoms with Crippen LogP contribution in [0, 0.1) is 22.2 Å². The van der Waals surface area contributed by atoms with Crippen LogP contribution in [-0.4, -0.2) is 18.2 Å². The Bertz CT molecular complexity index is 1180. The lowest BCUT2D eigenvalue weighted by Crippen LogP contribution is -2.50. The van der Waals surface area contributed by atoms with E-state index in [1.165, 1.54) is 17.5 Å². The van der Waals surface area contributed by atoms with Gasteiger partial charge in [-0.05, 0) is 65.8 Å². The highest BCUT2D eigenvalue weighted by Gasteiger charge is 2.74. The van der Waals surface area contributed by atoms with E-state index in [0.29, 0.717) is 18.1 Å². The first kappa shape index (κ1) is 23.3. The van der Waals surface area contributed by atoms with Crippen LogP contribution in [0.2, 0.25) is 0 Å². The summed E-state index contributed by atoms with van der Waals surface area (Å²) in [5.41, 5.74) is 3.92. The van der Waals surface area contributed by atoms with E-state index in [1.807, 2.05) is 60.7 Å². The number of esters is 1. The Balaban J connectivity index is 1.33. The smallest absolute Gasteiger partial charge is 0.347 e. The van der Waals surface area contributed by atoms with E-state index in [9.17, 15) is 4.79 Å². The molecule has 2 saturated carbocycles. The van der Waals surface area contributed by atoms with Crippen molar-refractivity contribution in [3.63, 3.8) is 0 Å². The third-order valence-electron chi connectivity index (χ3n) is 10.0. The van der Waals surface area contributed by atoms with Gasteiger partial charge in [0.25, 0.3) is 0 Å². The quantitative estimate of drug-likeness (QED) is 0.363. The molecule has 0 amide bonds. The molecule has 4 unspecified atom stereocenters. The lowest BCUT2D eigenvalue weighted by atomic mass is 9.66. The van der Waals surface area contributed by atoms with Crippen molar-refractivity contribution in [1.82, 2.24) is 0 Å². The Kier molecular flexibility index (Phi) is 5.51. The maximum atomic E-state index is 14.0. The Labute approximate surface area is 214 Å². The largest absolute Gasteiger partial charge is 0.478 e. The van der Waals surface area contributed by atoms with Crippen molar-refractivity contribution in [1.29, 1.82) is 0 Å². The summed E-state index contributed by atoms with van der Waals surface area (Å²) in [6.45, 7) is 7.18. The number of hydrogen-bond acceptors (Lipinski definition) is 3. The van der Waals surface area contributed by atoms with Crippen LogP contribution in [0.1, 0.15) is 50.3 Å². The molecule has 3 heteroatoms. The van der Waals surface area contributed by atoms with Crippen LogP contribution in [0.5, 0.6) is 5.75 Å². The third kappa shape index (κ3) is 3.50. The topological polar surface area (TPSA) is 35.5 Å². The first-order chi connectivity index (χ1) is 17.3. The van der Waals surface area contributed by atoms with Crippen LogP contribution in [-0.2, 0) is 28.8 Å². The number of rotatable bonds is 6. The van der Waals surface area contributed by atoms with Gasteiger partial charge in [-0.15, -0.1) is 0 Å². The SMILES string of the molecule is CC1(C)C2CCC1(C)C(OC(=O)C(Cc1ccccc1)Oc1ccccc1)C21Cc2ccccc2C1. The van der Waals surface area contributed by atoms with Gasteiger partial charge in [0, 0.05) is 17.3 Å². The van der Waals surface area contributed by atoms with Gasteiger partial charge in [0.05, 0.1) is 0 Å². The lowest BCUT2D eigenvalue weighted by Gasteiger charge is -2.44. The maximum absolute atomic E-state index is 14.0. The summed E-state index contributed by atoms with van der Waals surface area (Å²) >= 11 is 0. The molecule has 2 fully saturated rings. The minimum absolute atomic E-state index is 0.0418. The summed E-state index contributed by atoms with van der Waals surface area (Å²) in [6, 6.07) is 28.5. The van der Waals surface area contributed by atoms with Crippen molar-refractivity contribution in [2.24, 2.45) is 22.2 Å². The summed E-state index contributed by atoms with van der Waals surface area (Å²) in [4.78, 5) is 14.0. The van der Waals surface area contributed by atoms with Gasteiger partial charge in [0.1, 0.15) is 11.9 Å². The first-order valence-electron chi connectivity index (χ1n) is 13.4. The molecule has 0 N–H and O–H groups in total. The highest BCUT2D eigenvalue weighted by atomic mass is 16.6. The fourth-order valence-electron chi connectivity index (χ4n) is 8.03. The Morgan fingerprint density at radius 1 is 0.861 bits per heavy atom. The van der Waals surface area contributed by atoms with Gasteiger partial charge < -0.3 is 9.47 Å². The minimum Gasteiger partial charge on any atom is -0.478 e. The van der Waals surface area contributed by atoms with Crippen LogP contribution in [0.4, 0.5) is 0 Å². The molecule has 3 aromatic rings. The van der Waals surface area contributed by atoms with Crippen molar-refractivity contribution < 1.29 is 14.3 Å². The Morgan fingerprint density at radius 2 is 1.44 bits per heavy atom. The van der Waals surface area contributed by atoms with E-state index in [4.69, 9.17) is 9.47 Å². The molecule has 4 atom stereocenters. The van der Waals surface area contributed by atoms with Crippen molar-refractivity contribution in [3.05, 3.63) is 102 Å². The van der Waals surface area contributed by atoms with Gasteiger partial charge in [0.15, 0.2) is 6.10 Å². The molecule has 0 saturated heterocycles. The molecule has 0 aromatic heterocycles. The predicted molar refractivity (Wildman–Crippen MR) is 142 cm³/mol.